The molecule has 1 aliphatic rings. The molecule has 2 aromatic rings. The van der Waals surface area contributed by atoms with Crippen molar-refractivity contribution in [3.8, 4) is 0 Å². The van der Waals surface area contributed by atoms with Crippen LogP contribution in [0.5, 0.6) is 0 Å². The van der Waals surface area contributed by atoms with Crippen LogP contribution in [0.25, 0.3) is 12.2 Å². The average Bonchev–Trinajstić information content (AvgIpc) is 2.81. The molecule has 0 radical (unpaired) electrons. The molecule has 0 bridgehead atoms. The molecule has 2 aromatic carbocycles. The van der Waals surface area contributed by atoms with Crippen molar-refractivity contribution in [3.05, 3.63) is 82.9 Å². The number of hydrogen-bond acceptors (Lipinski definition) is 2. The monoisotopic (exact) mass is 430 g/mol. The van der Waals surface area contributed by atoms with Gasteiger partial charge in [-0.2, -0.15) is 0 Å². The van der Waals surface area contributed by atoms with Gasteiger partial charge in [-0.25, -0.2) is 0 Å². The molecule has 4 heteroatoms. The van der Waals surface area contributed by atoms with E-state index in [2.05, 4.69) is 52.0 Å². The van der Waals surface area contributed by atoms with Crippen LogP contribution < -0.4 is 0 Å². The van der Waals surface area contributed by atoms with E-state index in [-0.39, 0.29) is 11.8 Å². The molecule has 1 saturated heterocycles. The smallest absolute Gasteiger partial charge is 0.246 e. The number of benzene rings is 2. The second-order valence-corrected chi connectivity index (χ2v) is 8.96. The zero-order valence-electron chi connectivity index (χ0n) is 19.6. The van der Waals surface area contributed by atoms with Gasteiger partial charge < -0.3 is 9.80 Å². The van der Waals surface area contributed by atoms with Crippen LogP contribution in [0.3, 0.4) is 0 Å². The fraction of sp³-hybridized carbons (Fsp3) is 0.357. The van der Waals surface area contributed by atoms with E-state index in [0.29, 0.717) is 38.0 Å². The summed E-state index contributed by atoms with van der Waals surface area (Å²) in [6.45, 7) is 10.9. The second kappa shape index (κ2) is 10.9. The van der Waals surface area contributed by atoms with Crippen LogP contribution in [-0.4, -0.2) is 47.8 Å². The Kier molecular flexibility index (Phi) is 8.04. The maximum atomic E-state index is 12.5. The molecule has 0 atom stereocenters. The van der Waals surface area contributed by atoms with Gasteiger partial charge in [-0.15, -0.1) is 0 Å². The van der Waals surface area contributed by atoms with Crippen molar-refractivity contribution in [2.24, 2.45) is 0 Å². The number of hydrogen-bond donors (Lipinski definition) is 0. The van der Waals surface area contributed by atoms with Gasteiger partial charge >= 0.3 is 0 Å². The first-order valence-corrected chi connectivity index (χ1v) is 11.5. The second-order valence-electron chi connectivity index (χ2n) is 8.96. The van der Waals surface area contributed by atoms with Crippen molar-refractivity contribution in [1.29, 1.82) is 0 Å². The number of carbonyl (C=O) groups excluding carboxylic acids is 2. The largest absolute Gasteiger partial charge is 0.336 e. The lowest BCUT2D eigenvalue weighted by Crippen LogP contribution is -2.49. The van der Waals surface area contributed by atoms with Crippen molar-refractivity contribution >= 4 is 24.0 Å². The minimum atomic E-state index is -0.00850. The predicted molar refractivity (Wildman–Crippen MR) is 132 cm³/mol. The van der Waals surface area contributed by atoms with E-state index in [4.69, 9.17) is 0 Å². The zero-order valence-corrected chi connectivity index (χ0v) is 19.6. The Balaban J connectivity index is 1.48. The maximum Gasteiger partial charge on any atom is 0.246 e. The van der Waals surface area contributed by atoms with E-state index in [1.807, 2.05) is 36.4 Å². The summed E-state index contributed by atoms with van der Waals surface area (Å²) in [6, 6.07) is 16.6. The molecule has 1 heterocycles. The minimum absolute atomic E-state index is 0.00850. The summed E-state index contributed by atoms with van der Waals surface area (Å²) in [6.07, 6.45) is 6.97. The Hall–Kier alpha value is -3.14. The number of nitrogens with zero attached hydrogens (tertiary/aromatic N) is 2. The molecule has 4 nitrogen and oxygen atoms in total. The summed E-state index contributed by atoms with van der Waals surface area (Å²) in [5, 5.41) is 0. The van der Waals surface area contributed by atoms with E-state index in [1.165, 1.54) is 11.1 Å². The van der Waals surface area contributed by atoms with Crippen LogP contribution in [0.1, 0.15) is 61.8 Å². The van der Waals surface area contributed by atoms with Crippen molar-refractivity contribution < 1.29 is 9.59 Å². The third-order valence-corrected chi connectivity index (χ3v) is 5.95. The fourth-order valence-corrected chi connectivity index (χ4v) is 3.68. The maximum absolute atomic E-state index is 12.5. The first kappa shape index (κ1) is 23.5. The lowest BCUT2D eigenvalue weighted by atomic mass is 10.0. The van der Waals surface area contributed by atoms with Gasteiger partial charge in [0.25, 0.3) is 0 Å². The summed E-state index contributed by atoms with van der Waals surface area (Å²) in [7, 11) is 0. The van der Waals surface area contributed by atoms with Crippen LogP contribution in [0, 0.1) is 0 Å². The topological polar surface area (TPSA) is 40.6 Å². The van der Waals surface area contributed by atoms with Gasteiger partial charge in [0.05, 0.1) is 0 Å². The summed E-state index contributed by atoms with van der Waals surface area (Å²) < 4.78 is 0. The predicted octanol–water partition coefficient (Wildman–Crippen LogP) is 5.33. The summed E-state index contributed by atoms with van der Waals surface area (Å²) in [5.74, 6) is 0.972. The molecule has 2 amide bonds. The molecule has 0 unspecified atom stereocenters. The van der Waals surface area contributed by atoms with E-state index in [9.17, 15) is 9.59 Å². The molecular formula is C28H34N2O2. The highest BCUT2D eigenvalue weighted by molar-refractivity contribution is 5.93. The Labute approximate surface area is 192 Å². The van der Waals surface area contributed by atoms with Gasteiger partial charge in [-0.3, -0.25) is 9.59 Å². The van der Waals surface area contributed by atoms with E-state index < -0.39 is 0 Å². The summed E-state index contributed by atoms with van der Waals surface area (Å²) in [5.41, 5.74) is 4.61. The molecule has 168 valence electrons. The number of rotatable bonds is 6. The molecule has 1 aliphatic heterocycles. The van der Waals surface area contributed by atoms with Crippen LogP contribution >= 0.6 is 0 Å². The molecule has 0 aromatic heterocycles. The van der Waals surface area contributed by atoms with Crippen LogP contribution in [0.2, 0.25) is 0 Å². The van der Waals surface area contributed by atoms with Crippen molar-refractivity contribution in [2.75, 3.05) is 26.2 Å². The normalized spacial score (nSPS) is 14.8. The highest BCUT2D eigenvalue weighted by atomic mass is 16.2. The first-order chi connectivity index (χ1) is 15.3. The Bertz CT molecular complexity index is 880. The first-order valence-electron chi connectivity index (χ1n) is 11.5. The molecular weight excluding hydrogens is 396 g/mol. The van der Waals surface area contributed by atoms with E-state index in [0.717, 1.165) is 11.1 Å². The zero-order chi connectivity index (χ0) is 23.1. The van der Waals surface area contributed by atoms with Crippen molar-refractivity contribution in [1.82, 2.24) is 9.80 Å². The molecule has 1 fully saturated rings. The Morgan fingerprint density at radius 1 is 0.625 bits per heavy atom. The van der Waals surface area contributed by atoms with Crippen LogP contribution in [0.15, 0.2) is 60.7 Å². The highest BCUT2D eigenvalue weighted by Gasteiger charge is 2.21. The Morgan fingerprint density at radius 2 is 0.938 bits per heavy atom. The third-order valence-electron chi connectivity index (χ3n) is 5.95. The molecule has 32 heavy (non-hydrogen) atoms. The quantitative estimate of drug-likeness (QED) is 0.581. The van der Waals surface area contributed by atoms with Crippen molar-refractivity contribution in [2.45, 2.75) is 39.5 Å². The summed E-state index contributed by atoms with van der Waals surface area (Å²) >= 11 is 0. The third kappa shape index (κ3) is 6.43. The van der Waals surface area contributed by atoms with E-state index >= 15 is 0 Å². The molecule has 0 spiro atoms. The molecule has 3 rings (SSSR count). The van der Waals surface area contributed by atoms with Gasteiger partial charge in [-0.1, -0.05) is 76.2 Å². The fourth-order valence-electron chi connectivity index (χ4n) is 3.68. The highest BCUT2D eigenvalue weighted by Crippen LogP contribution is 2.16. The van der Waals surface area contributed by atoms with Gasteiger partial charge in [0, 0.05) is 38.3 Å². The standard InChI is InChI=1S/C28H34N2O2/c1-21(2)25-11-5-23(6-12-25)9-15-27(31)29-17-19-30(20-18-29)28(32)16-10-24-7-13-26(14-8-24)22(3)4/h5-16,21-22H,17-20H2,1-4H3/b15-9+,16-10+. The lowest BCUT2D eigenvalue weighted by molar-refractivity contribution is -0.133. The van der Waals surface area contributed by atoms with Crippen LogP contribution in [0.4, 0.5) is 0 Å². The number of carbonyl (C=O) groups is 2. The van der Waals surface area contributed by atoms with Gasteiger partial charge in [0.2, 0.25) is 11.8 Å². The van der Waals surface area contributed by atoms with E-state index in [1.54, 1.807) is 22.0 Å². The average molecular weight is 431 g/mol. The molecule has 0 aliphatic carbocycles. The molecule has 0 N–H and O–H groups in total. The lowest BCUT2D eigenvalue weighted by Gasteiger charge is -2.33. The van der Waals surface area contributed by atoms with Gasteiger partial charge in [0.1, 0.15) is 0 Å². The summed E-state index contributed by atoms with van der Waals surface area (Å²) in [4.78, 5) is 28.7. The molecule has 0 saturated carbocycles. The Morgan fingerprint density at radius 3 is 1.22 bits per heavy atom. The van der Waals surface area contributed by atoms with Crippen LogP contribution in [-0.2, 0) is 9.59 Å². The van der Waals surface area contributed by atoms with Crippen molar-refractivity contribution in [3.63, 3.8) is 0 Å². The number of amides is 2. The van der Waals surface area contributed by atoms with Gasteiger partial charge in [0.15, 0.2) is 0 Å². The SMILES string of the molecule is CC(C)c1ccc(/C=C/C(=O)N2CCN(C(=O)/C=C/c3ccc(C(C)C)cc3)CC2)cc1. The number of piperazine rings is 1. The van der Waals surface area contributed by atoms with Gasteiger partial charge in [-0.05, 0) is 46.2 Å². The minimum Gasteiger partial charge on any atom is -0.336 e.